The van der Waals surface area contributed by atoms with E-state index in [1.54, 1.807) is 6.07 Å². The molecule has 2 rings (SSSR count). The van der Waals surface area contributed by atoms with Crippen LogP contribution in [0.25, 0.3) is 0 Å². The lowest BCUT2D eigenvalue weighted by Crippen LogP contribution is -2.27. The van der Waals surface area contributed by atoms with E-state index >= 15 is 0 Å². The summed E-state index contributed by atoms with van der Waals surface area (Å²) in [6, 6.07) is 7.59. The maximum Gasteiger partial charge on any atom is 0.152 e. The van der Waals surface area contributed by atoms with Gasteiger partial charge in [0.1, 0.15) is 6.07 Å². The fourth-order valence-electron chi connectivity index (χ4n) is 2.04. The minimum Gasteiger partial charge on any atom is -0.369 e. The Morgan fingerprint density at radius 2 is 2.06 bits per heavy atom. The van der Waals surface area contributed by atoms with Gasteiger partial charge in [0, 0.05) is 17.6 Å². The van der Waals surface area contributed by atoms with Gasteiger partial charge in [0.05, 0.1) is 22.8 Å². The van der Waals surface area contributed by atoms with Gasteiger partial charge < -0.3 is 4.90 Å². The van der Waals surface area contributed by atoms with Crippen LogP contribution in [0.2, 0.25) is 0 Å². The first-order chi connectivity index (χ1) is 8.52. The van der Waals surface area contributed by atoms with E-state index in [0.717, 1.165) is 10.2 Å². The average molecular weight is 329 g/mol. The van der Waals surface area contributed by atoms with Crippen molar-refractivity contribution >= 4 is 31.5 Å². The van der Waals surface area contributed by atoms with Crippen molar-refractivity contribution in [3.63, 3.8) is 0 Å². The molecule has 1 heterocycles. The number of nitriles is 1. The maximum absolute atomic E-state index is 11.6. The summed E-state index contributed by atoms with van der Waals surface area (Å²) in [4.78, 5) is 1.98. The van der Waals surface area contributed by atoms with Gasteiger partial charge in [0.2, 0.25) is 0 Å². The number of nitrogens with zero attached hydrogens (tertiary/aromatic N) is 2. The Kier molecular flexibility index (Phi) is 3.93. The Labute approximate surface area is 115 Å². The van der Waals surface area contributed by atoms with E-state index in [1.165, 1.54) is 0 Å². The predicted molar refractivity (Wildman–Crippen MR) is 74.3 cm³/mol. The zero-order valence-electron chi connectivity index (χ0n) is 9.76. The van der Waals surface area contributed by atoms with Crippen LogP contribution >= 0.6 is 15.9 Å². The lowest BCUT2D eigenvalue weighted by atomic mass is 10.1. The van der Waals surface area contributed by atoms with Gasteiger partial charge in [0.15, 0.2) is 9.84 Å². The van der Waals surface area contributed by atoms with Gasteiger partial charge in [0.25, 0.3) is 0 Å². The molecule has 0 radical (unpaired) electrons. The second-order valence-electron chi connectivity index (χ2n) is 4.27. The molecule has 0 aliphatic carbocycles. The number of anilines is 1. The Morgan fingerprint density at radius 1 is 1.28 bits per heavy atom. The summed E-state index contributed by atoms with van der Waals surface area (Å²) in [5, 5.41) is 9.10. The fraction of sp³-hybridized carbons (Fsp3) is 0.417. The van der Waals surface area contributed by atoms with Gasteiger partial charge in [-0.1, -0.05) is 15.9 Å². The first-order valence-corrected chi connectivity index (χ1v) is 8.28. The third-order valence-electron chi connectivity index (χ3n) is 2.98. The van der Waals surface area contributed by atoms with E-state index in [-0.39, 0.29) is 11.5 Å². The van der Waals surface area contributed by atoms with Gasteiger partial charge in [-0.25, -0.2) is 8.42 Å². The molecule has 4 nitrogen and oxygen atoms in total. The molecule has 1 fully saturated rings. The van der Waals surface area contributed by atoms with Crippen LogP contribution in [-0.4, -0.2) is 33.0 Å². The smallest absolute Gasteiger partial charge is 0.152 e. The highest BCUT2D eigenvalue weighted by atomic mass is 79.9. The Balaban J connectivity index is 2.32. The van der Waals surface area contributed by atoms with Crippen molar-refractivity contribution in [1.82, 2.24) is 0 Å². The van der Waals surface area contributed by atoms with Crippen LogP contribution in [0.3, 0.4) is 0 Å². The Bertz CT molecular complexity index is 593. The summed E-state index contributed by atoms with van der Waals surface area (Å²) in [7, 11) is -2.93. The number of hydrogen-bond acceptors (Lipinski definition) is 4. The first kappa shape index (κ1) is 13.4. The third kappa shape index (κ3) is 3.03. The second-order valence-corrected chi connectivity index (χ2v) is 7.49. The van der Waals surface area contributed by atoms with Crippen molar-refractivity contribution in [2.75, 3.05) is 29.5 Å². The molecule has 1 aromatic carbocycles. The molecule has 0 atom stereocenters. The van der Waals surface area contributed by atoms with Crippen LogP contribution < -0.4 is 4.90 Å². The highest BCUT2D eigenvalue weighted by Crippen LogP contribution is 2.26. The van der Waals surface area contributed by atoms with Crippen molar-refractivity contribution < 1.29 is 8.42 Å². The molecule has 18 heavy (non-hydrogen) atoms. The van der Waals surface area contributed by atoms with E-state index in [0.29, 0.717) is 25.1 Å². The lowest BCUT2D eigenvalue weighted by molar-refractivity contribution is 0.597. The second kappa shape index (κ2) is 5.29. The summed E-state index contributed by atoms with van der Waals surface area (Å²) < 4.78 is 24.0. The molecule has 1 aliphatic rings. The number of rotatable bonds is 1. The predicted octanol–water partition coefficient (Wildman–Crippen LogP) is 1.95. The molecule has 0 aromatic heterocycles. The standard InChI is InChI=1S/C12H13BrN2O2S/c13-11-3-2-10(9-14)12(8-11)15-4-1-6-18(16,17)7-5-15/h2-3,8H,1,4-7H2. The molecule has 1 saturated heterocycles. The summed E-state index contributed by atoms with van der Waals surface area (Å²) in [6.07, 6.45) is 0.611. The molecular formula is C12H13BrN2O2S. The Morgan fingerprint density at radius 3 is 2.78 bits per heavy atom. The molecular weight excluding hydrogens is 316 g/mol. The largest absolute Gasteiger partial charge is 0.369 e. The van der Waals surface area contributed by atoms with E-state index in [9.17, 15) is 8.42 Å². The summed E-state index contributed by atoms with van der Waals surface area (Å²) in [6.45, 7) is 1.12. The molecule has 0 bridgehead atoms. The number of benzene rings is 1. The average Bonchev–Trinajstić information content (AvgIpc) is 2.50. The zero-order valence-corrected chi connectivity index (χ0v) is 12.2. The minimum atomic E-state index is -2.93. The maximum atomic E-state index is 11.6. The normalized spacial score (nSPS) is 19.0. The van der Waals surface area contributed by atoms with Crippen molar-refractivity contribution in [3.05, 3.63) is 28.2 Å². The van der Waals surface area contributed by atoms with Crippen molar-refractivity contribution in [3.8, 4) is 6.07 Å². The highest BCUT2D eigenvalue weighted by Gasteiger charge is 2.21. The van der Waals surface area contributed by atoms with Crippen molar-refractivity contribution in [2.45, 2.75) is 6.42 Å². The molecule has 0 spiro atoms. The molecule has 1 aromatic rings. The molecule has 1 aliphatic heterocycles. The van der Waals surface area contributed by atoms with Crippen LogP contribution in [-0.2, 0) is 9.84 Å². The monoisotopic (exact) mass is 328 g/mol. The molecule has 96 valence electrons. The van der Waals surface area contributed by atoms with Crippen LogP contribution in [0.4, 0.5) is 5.69 Å². The number of hydrogen-bond donors (Lipinski definition) is 0. The van der Waals surface area contributed by atoms with Gasteiger partial charge in [-0.2, -0.15) is 5.26 Å². The van der Waals surface area contributed by atoms with Gasteiger partial charge in [-0.15, -0.1) is 0 Å². The SMILES string of the molecule is N#Cc1ccc(Br)cc1N1CCCS(=O)(=O)CC1. The summed E-state index contributed by atoms with van der Waals surface area (Å²) >= 11 is 3.38. The molecule has 0 amide bonds. The Hall–Kier alpha value is -1.06. The van der Waals surface area contributed by atoms with Crippen LogP contribution in [0, 0.1) is 11.3 Å². The number of sulfone groups is 1. The highest BCUT2D eigenvalue weighted by molar-refractivity contribution is 9.10. The van der Waals surface area contributed by atoms with Gasteiger partial charge in [-0.05, 0) is 24.6 Å². The quantitative estimate of drug-likeness (QED) is 0.790. The molecule has 0 saturated carbocycles. The topological polar surface area (TPSA) is 61.2 Å². The minimum absolute atomic E-state index is 0.157. The summed E-state index contributed by atoms with van der Waals surface area (Å²) in [5.74, 6) is 0.393. The van der Waals surface area contributed by atoms with Crippen LogP contribution in [0.5, 0.6) is 0 Å². The van der Waals surface area contributed by atoms with Crippen molar-refractivity contribution in [1.29, 1.82) is 5.26 Å². The van der Waals surface area contributed by atoms with Crippen molar-refractivity contribution in [2.24, 2.45) is 0 Å². The van der Waals surface area contributed by atoms with Crippen LogP contribution in [0.15, 0.2) is 22.7 Å². The van der Waals surface area contributed by atoms with E-state index in [4.69, 9.17) is 5.26 Å². The zero-order chi connectivity index (χ0) is 13.2. The molecule has 0 N–H and O–H groups in total. The fourth-order valence-corrected chi connectivity index (χ4v) is 3.66. The number of halogens is 1. The van der Waals surface area contributed by atoms with E-state index < -0.39 is 9.84 Å². The molecule has 0 unspecified atom stereocenters. The summed E-state index contributed by atoms with van der Waals surface area (Å²) in [5.41, 5.74) is 1.39. The van der Waals surface area contributed by atoms with Gasteiger partial charge in [-0.3, -0.25) is 0 Å². The lowest BCUT2D eigenvalue weighted by Gasteiger charge is -2.23. The van der Waals surface area contributed by atoms with Crippen LogP contribution in [0.1, 0.15) is 12.0 Å². The third-order valence-corrected chi connectivity index (χ3v) is 5.19. The first-order valence-electron chi connectivity index (χ1n) is 5.67. The van der Waals surface area contributed by atoms with E-state index in [1.807, 2.05) is 17.0 Å². The van der Waals surface area contributed by atoms with E-state index in [2.05, 4.69) is 22.0 Å². The van der Waals surface area contributed by atoms with Gasteiger partial charge >= 0.3 is 0 Å². The molecule has 6 heteroatoms.